The molecule has 90 valence electrons. The molecule has 2 aliphatic rings. The lowest BCUT2D eigenvalue weighted by atomic mass is 9.57. The molecule has 2 rings (SSSR count). The van der Waals surface area contributed by atoms with Gasteiger partial charge in [0.15, 0.2) is 0 Å². The van der Waals surface area contributed by atoms with E-state index in [-0.39, 0.29) is 11.5 Å². The third kappa shape index (κ3) is 1.75. The average molecular weight is 220 g/mol. The first-order valence-electron chi connectivity index (χ1n) is 6.48. The lowest BCUT2D eigenvalue weighted by molar-refractivity contribution is 0.0109. The molecule has 1 saturated carbocycles. The standard InChI is InChI=1S/C15H24O/c1-10(2)12-5-6-13-7-8-14(16)11(3)15(13,4)9-12/h6,11-12,14,16H,1,5,7-9H2,2-4H3/t11-,12-,14-,15-/m1/s1. The minimum Gasteiger partial charge on any atom is -0.393 e. The van der Waals surface area contributed by atoms with Crippen LogP contribution in [0.25, 0.3) is 0 Å². The molecule has 0 spiro atoms. The Labute approximate surface area is 99.3 Å². The summed E-state index contributed by atoms with van der Waals surface area (Å²) >= 11 is 0. The van der Waals surface area contributed by atoms with Gasteiger partial charge in [0.1, 0.15) is 0 Å². The number of hydrogen-bond donors (Lipinski definition) is 1. The first-order valence-corrected chi connectivity index (χ1v) is 6.48. The monoisotopic (exact) mass is 220 g/mol. The Kier molecular flexibility index (Phi) is 3.00. The zero-order valence-electron chi connectivity index (χ0n) is 10.8. The SMILES string of the molecule is C=C(C)[C@@H]1CC=C2CC[C@@H](O)[C@@H](C)[C@@]2(C)C1. The predicted octanol–water partition coefficient (Wildman–Crippen LogP) is 3.70. The number of aliphatic hydroxyl groups excluding tert-OH is 1. The van der Waals surface area contributed by atoms with Crippen molar-refractivity contribution in [1.29, 1.82) is 0 Å². The summed E-state index contributed by atoms with van der Waals surface area (Å²) in [4.78, 5) is 0. The Bertz CT molecular complexity index is 328. The van der Waals surface area contributed by atoms with E-state index in [1.165, 1.54) is 12.0 Å². The van der Waals surface area contributed by atoms with Gasteiger partial charge in [0.25, 0.3) is 0 Å². The number of rotatable bonds is 1. The van der Waals surface area contributed by atoms with Gasteiger partial charge < -0.3 is 5.11 Å². The quantitative estimate of drug-likeness (QED) is 0.668. The van der Waals surface area contributed by atoms with Crippen LogP contribution in [0.4, 0.5) is 0 Å². The van der Waals surface area contributed by atoms with E-state index in [4.69, 9.17) is 0 Å². The number of aliphatic hydroxyl groups is 1. The lowest BCUT2D eigenvalue weighted by Gasteiger charge is -2.49. The van der Waals surface area contributed by atoms with Crippen molar-refractivity contribution in [3.8, 4) is 0 Å². The molecule has 0 saturated heterocycles. The fourth-order valence-corrected chi connectivity index (χ4v) is 3.46. The molecule has 0 aromatic carbocycles. The maximum atomic E-state index is 10.1. The van der Waals surface area contributed by atoms with E-state index in [0.29, 0.717) is 11.8 Å². The summed E-state index contributed by atoms with van der Waals surface area (Å²) in [7, 11) is 0. The van der Waals surface area contributed by atoms with Crippen molar-refractivity contribution in [3.63, 3.8) is 0 Å². The van der Waals surface area contributed by atoms with Crippen LogP contribution in [0.2, 0.25) is 0 Å². The van der Waals surface area contributed by atoms with Crippen LogP contribution in [-0.2, 0) is 0 Å². The molecule has 1 heteroatoms. The first kappa shape index (κ1) is 11.9. The Morgan fingerprint density at radius 3 is 2.88 bits per heavy atom. The minimum absolute atomic E-state index is 0.119. The zero-order chi connectivity index (χ0) is 11.9. The van der Waals surface area contributed by atoms with Crippen LogP contribution in [0, 0.1) is 17.3 Å². The summed E-state index contributed by atoms with van der Waals surface area (Å²) in [5.74, 6) is 0.996. The van der Waals surface area contributed by atoms with Gasteiger partial charge in [0.2, 0.25) is 0 Å². The maximum Gasteiger partial charge on any atom is 0.0577 e. The van der Waals surface area contributed by atoms with Gasteiger partial charge in [-0.1, -0.05) is 37.6 Å². The molecule has 0 aromatic heterocycles. The second-order valence-electron chi connectivity index (χ2n) is 6.02. The molecule has 0 aliphatic heterocycles. The normalized spacial score (nSPS) is 43.5. The van der Waals surface area contributed by atoms with E-state index in [0.717, 1.165) is 19.3 Å². The van der Waals surface area contributed by atoms with Crippen molar-refractivity contribution in [2.75, 3.05) is 0 Å². The van der Waals surface area contributed by atoms with Crippen molar-refractivity contribution >= 4 is 0 Å². The molecule has 0 bridgehead atoms. The Hall–Kier alpha value is -0.560. The largest absolute Gasteiger partial charge is 0.393 e. The van der Waals surface area contributed by atoms with Crippen molar-refractivity contribution in [1.82, 2.24) is 0 Å². The van der Waals surface area contributed by atoms with Crippen LogP contribution >= 0.6 is 0 Å². The molecule has 2 aliphatic carbocycles. The molecule has 1 N–H and O–H groups in total. The molecule has 0 unspecified atom stereocenters. The van der Waals surface area contributed by atoms with E-state index in [9.17, 15) is 5.11 Å². The number of allylic oxidation sites excluding steroid dienone is 3. The highest BCUT2D eigenvalue weighted by Crippen LogP contribution is 2.52. The minimum atomic E-state index is -0.119. The first-order chi connectivity index (χ1) is 7.45. The van der Waals surface area contributed by atoms with Gasteiger partial charge in [-0.25, -0.2) is 0 Å². The van der Waals surface area contributed by atoms with Crippen molar-refractivity contribution in [2.24, 2.45) is 17.3 Å². The second-order valence-corrected chi connectivity index (χ2v) is 6.02. The van der Waals surface area contributed by atoms with Crippen LogP contribution in [0.5, 0.6) is 0 Å². The van der Waals surface area contributed by atoms with Gasteiger partial charge in [-0.05, 0) is 49.9 Å². The van der Waals surface area contributed by atoms with Crippen LogP contribution < -0.4 is 0 Å². The Morgan fingerprint density at radius 2 is 2.25 bits per heavy atom. The third-order valence-electron chi connectivity index (χ3n) is 5.04. The molecule has 0 amide bonds. The van der Waals surface area contributed by atoms with Crippen LogP contribution in [0.1, 0.15) is 46.5 Å². The summed E-state index contributed by atoms with van der Waals surface area (Å²) in [5.41, 5.74) is 3.09. The summed E-state index contributed by atoms with van der Waals surface area (Å²) < 4.78 is 0. The molecule has 4 atom stereocenters. The van der Waals surface area contributed by atoms with Gasteiger partial charge in [0, 0.05) is 0 Å². The van der Waals surface area contributed by atoms with Crippen LogP contribution in [0.3, 0.4) is 0 Å². The fraction of sp³-hybridized carbons (Fsp3) is 0.733. The fourth-order valence-electron chi connectivity index (χ4n) is 3.46. The van der Waals surface area contributed by atoms with E-state index in [1.807, 2.05) is 0 Å². The summed E-state index contributed by atoms with van der Waals surface area (Å²) in [6.45, 7) is 10.8. The summed E-state index contributed by atoms with van der Waals surface area (Å²) in [5, 5.41) is 10.1. The summed E-state index contributed by atoms with van der Waals surface area (Å²) in [6.07, 6.45) is 6.66. The predicted molar refractivity (Wildman–Crippen MR) is 68.1 cm³/mol. The van der Waals surface area contributed by atoms with Gasteiger partial charge >= 0.3 is 0 Å². The third-order valence-corrected chi connectivity index (χ3v) is 5.04. The summed E-state index contributed by atoms with van der Waals surface area (Å²) in [6, 6.07) is 0. The Balaban J connectivity index is 2.29. The average Bonchev–Trinajstić information content (AvgIpc) is 2.24. The topological polar surface area (TPSA) is 20.2 Å². The molecule has 0 radical (unpaired) electrons. The lowest BCUT2D eigenvalue weighted by Crippen LogP contribution is -2.43. The molecule has 1 fully saturated rings. The zero-order valence-corrected chi connectivity index (χ0v) is 10.8. The highest BCUT2D eigenvalue weighted by molar-refractivity contribution is 5.24. The van der Waals surface area contributed by atoms with E-state index in [2.05, 4.69) is 33.4 Å². The van der Waals surface area contributed by atoms with E-state index >= 15 is 0 Å². The van der Waals surface area contributed by atoms with E-state index in [1.54, 1.807) is 5.57 Å². The van der Waals surface area contributed by atoms with Crippen molar-refractivity contribution in [2.45, 2.75) is 52.6 Å². The highest BCUT2D eigenvalue weighted by atomic mass is 16.3. The van der Waals surface area contributed by atoms with Gasteiger partial charge in [-0.3, -0.25) is 0 Å². The maximum absolute atomic E-state index is 10.1. The number of hydrogen-bond acceptors (Lipinski definition) is 1. The molecule has 1 nitrogen and oxygen atoms in total. The van der Waals surface area contributed by atoms with E-state index < -0.39 is 0 Å². The van der Waals surface area contributed by atoms with Gasteiger partial charge in [-0.15, -0.1) is 0 Å². The molecule has 16 heavy (non-hydrogen) atoms. The molecular weight excluding hydrogens is 196 g/mol. The van der Waals surface area contributed by atoms with Gasteiger partial charge in [-0.2, -0.15) is 0 Å². The van der Waals surface area contributed by atoms with Crippen LogP contribution in [0.15, 0.2) is 23.8 Å². The Morgan fingerprint density at radius 1 is 1.56 bits per heavy atom. The van der Waals surface area contributed by atoms with Gasteiger partial charge in [0.05, 0.1) is 6.10 Å². The smallest absolute Gasteiger partial charge is 0.0577 e. The van der Waals surface area contributed by atoms with Crippen molar-refractivity contribution < 1.29 is 5.11 Å². The highest BCUT2D eigenvalue weighted by Gasteiger charge is 2.44. The van der Waals surface area contributed by atoms with Crippen LogP contribution in [-0.4, -0.2) is 11.2 Å². The molecule has 0 heterocycles. The second kappa shape index (κ2) is 4.03. The van der Waals surface area contributed by atoms with Crippen molar-refractivity contribution in [3.05, 3.63) is 23.8 Å². The molecule has 0 aromatic rings. The number of fused-ring (bicyclic) bond motifs is 1. The molecular formula is C15H24O.